The molecule has 0 saturated heterocycles. The van der Waals surface area contributed by atoms with Crippen LogP contribution in [0.4, 0.5) is 0 Å². The molecule has 0 fully saturated rings. The second-order valence-electron chi connectivity index (χ2n) is 1.30. The highest BCUT2D eigenvalue weighted by molar-refractivity contribution is 6.17. The first kappa shape index (κ1) is 6.03. The van der Waals surface area contributed by atoms with Crippen molar-refractivity contribution in [2.75, 3.05) is 0 Å². The van der Waals surface area contributed by atoms with Crippen LogP contribution in [0.1, 0.15) is 0 Å². The SMILES string of the molecule is O[B]Oc1cncnc1. The Morgan fingerprint density at radius 1 is 1.44 bits per heavy atom. The summed E-state index contributed by atoms with van der Waals surface area (Å²) >= 11 is 0. The Morgan fingerprint density at radius 3 is 2.67 bits per heavy atom. The fourth-order valence-corrected chi connectivity index (χ4v) is 0.407. The van der Waals surface area contributed by atoms with Crippen LogP contribution >= 0.6 is 0 Å². The third-order valence-electron chi connectivity index (χ3n) is 0.726. The van der Waals surface area contributed by atoms with Crippen LogP contribution in [0.2, 0.25) is 0 Å². The second-order valence-corrected chi connectivity index (χ2v) is 1.30. The molecule has 4 nitrogen and oxygen atoms in total. The molecular formula is C4H4BN2O2. The van der Waals surface area contributed by atoms with Crippen molar-refractivity contribution >= 4 is 7.69 Å². The van der Waals surface area contributed by atoms with E-state index in [1.54, 1.807) is 0 Å². The van der Waals surface area contributed by atoms with Gasteiger partial charge in [-0.15, -0.1) is 0 Å². The van der Waals surface area contributed by atoms with E-state index in [0.29, 0.717) is 13.4 Å². The van der Waals surface area contributed by atoms with E-state index in [2.05, 4.69) is 14.6 Å². The van der Waals surface area contributed by atoms with E-state index in [1.165, 1.54) is 18.7 Å². The minimum atomic E-state index is 0.417. The highest BCUT2D eigenvalue weighted by Crippen LogP contribution is 2.01. The van der Waals surface area contributed by atoms with E-state index in [9.17, 15) is 0 Å². The number of nitrogens with zero attached hydrogens (tertiary/aromatic N) is 2. The largest absolute Gasteiger partial charge is 0.569 e. The van der Waals surface area contributed by atoms with Crippen molar-refractivity contribution in [1.29, 1.82) is 0 Å². The quantitative estimate of drug-likeness (QED) is 0.532. The number of rotatable bonds is 2. The van der Waals surface area contributed by atoms with Crippen molar-refractivity contribution in [2.45, 2.75) is 0 Å². The summed E-state index contributed by atoms with van der Waals surface area (Å²) in [7, 11) is 0.582. The lowest BCUT2D eigenvalue weighted by Crippen LogP contribution is -1.99. The molecule has 5 heteroatoms. The molecule has 0 aliphatic heterocycles. The summed E-state index contributed by atoms with van der Waals surface area (Å²) in [6.07, 6.45) is 4.27. The van der Waals surface area contributed by atoms with Crippen LogP contribution in [0, 0.1) is 0 Å². The first-order valence-corrected chi connectivity index (χ1v) is 2.31. The summed E-state index contributed by atoms with van der Waals surface area (Å²) in [5, 5.41) is 8.12. The summed E-state index contributed by atoms with van der Waals surface area (Å²) < 4.78 is 4.51. The van der Waals surface area contributed by atoms with Crippen LogP contribution in [0.15, 0.2) is 18.7 Å². The summed E-state index contributed by atoms with van der Waals surface area (Å²) in [5.74, 6) is 0.417. The van der Waals surface area contributed by atoms with Gasteiger partial charge in [-0.2, -0.15) is 0 Å². The summed E-state index contributed by atoms with van der Waals surface area (Å²) in [4.78, 5) is 7.27. The van der Waals surface area contributed by atoms with E-state index in [1.807, 2.05) is 0 Å². The topological polar surface area (TPSA) is 55.2 Å². The minimum absolute atomic E-state index is 0.417. The molecule has 1 N–H and O–H groups in total. The highest BCUT2D eigenvalue weighted by atomic mass is 16.5. The lowest BCUT2D eigenvalue weighted by Gasteiger charge is -1.95. The predicted molar refractivity (Wildman–Crippen MR) is 30.6 cm³/mol. The Hall–Kier alpha value is -1.10. The van der Waals surface area contributed by atoms with Crippen LogP contribution in [0.5, 0.6) is 5.75 Å². The van der Waals surface area contributed by atoms with Gasteiger partial charge in [-0.3, -0.25) is 0 Å². The van der Waals surface area contributed by atoms with Crippen LogP contribution in [-0.4, -0.2) is 22.7 Å². The van der Waals surface area contributed by atoms with Crippen molar-refractivity contribution in [2.24, 2.45) is 0 Å². The summed E-state index contributed by atoms with van der Waals surface area (Å²) in [6.45, 7) is 0. The van der Waals surface area contributed by atoms with Crippen LogP contribution in [0.3, 0.4) is 0 Å². The Morgan fingerprint density at radius 2 is 2.11 bits per heavy atom. The number of hydrogen-bond donors (Lipinski definition) is 1. The van der Waals surface area contributed by atoms with Crippen molar-refractivity contribution < 1.29 is 9.68 Å². The molecule has 45 valence electrons. The average molecular weight is 123 g/mol. The second kappa shape index (κ2) is 3.04. The maximum Gasteiger partial charge on any atom is 0.569 e. The third kappa shape index (κ3) is 1.69. The van der Waals surface area contributed by atoms with Gasteiger partial charge in [0.05, 0.1) is 12.4 Å². The van der Waals surface area contributed by atoms with Gasteiger partial charge in [0.2, 0.25) is 0 Å². The average Bonchev–Trinajstić information content (AvgIpc) is 1.91. The summed E-state index contributed by atoms with van der Waals surface area (Å²) in [6, 6.07) is 0. The zero-order chi connectivity index (χ0) is 6.53. The Bertz CT molecular complexity index is 169. The standard InChI is InChI=1S/C4H4BN2O2/c8-5-9-4-1-6-3-7-2-4/h1-3,8H. The van der Waals surface area contributed by atoms with Crippen LogP contribution < -0.4 is 4.65 Å². The zero-order valence-corrected chi connectivity index (χ0v) is 4.56. The molecule has 1 radical (unpaired) electrons. The lowest BCUT2D eigenvalue weighted by atomic mass is 10.4. The molecule has 0 amide bonds. The van der Waals surface area contributed by atoms with Gasteiger partial charge >= 0.3 is 7.69 Å². The minimum Gasteiger partial charge on any atom is -0.535 e. The fourth-order valence-electron chi connectivity index (χ4n) is 0.407. The van der Waals surface area contributed by atoms with E-state index >= 15 is 0 Å². The molecule has 1 heterocycles. The molecule has 0 aromatic carbocycles. The lowest BCUT2D eigenvalue weighted by molar-refractivity contribution is 0.451. The predicted octanol–water partition coefficient (Wildman–Crippen LogP) is -0.618. The Balaban J connectivity index is 2.61. The van der Waals surface area contributed by atoms with E-state index < -0.39 is 0 Å². The number of aromatic nitrogens is 2. The van der Waals surface area contributed by atoms with Crippen molar-refractivity contribution in [3.8, 4) is 5.75 Å². The maximum absolute atomic E-state index is 8.12. The zero-order valence-electron chi connectivity index (χ0n) is 4.56. The van der Waals surface area contributed by atoms with E-state index in [0.717, 1.165) is 0 Å². The van der Waals surface area contributed by atoms with Gasteiger partial charge in [0.25, 0.3) is 0 Å². The van der Waals surface area contributed by atoms with Crippen molar-refractivity contribution in [3.05, 3.63) is 18.7 Å². The highest BCUT2D eigenvalue weighted by Gasteiger charge is 1.90. The van der Waals surface area contributed by atoms with Gasteiger partial charge in [0.15, 0.2) is 0 Å². The molecule has 0 aliphatic rings. The molecule has 0 bridgehead atoms. The monoisotopic (exact) mass is 123 g/mol. The van der Waals surface area contributed by atoms with Crippen molar-refractivity contribution in [1.82, 2.24) is 9.97 Å². The van der Waals surface area contributed by atoms with Crippen LogP contribution in [-0.2, 0) is 0 Å². The molecule has 0 unspecified atom stereocenters. The van der Waals surface area contributed by atoms with Gasteiger partial charge in [-0.05, 0) is 0 Å². The molecule has 1 aromatic heterocycles. The normalized spacial score (nSPS) is 8.56. The molecule has 1 aromatic rings. The van der Waals surface area contributed by atoms with Crippen LogP contribution in [0.25, 0.3) is 0 Å². The van der Waals surface area contributed by atoms with Gasteiger partial charge < -0.3 is 9.68 Å². The maximum atomic E-state index is 8.12. The van der Waals surface area contributed by atoms with E-state index in [4.69, 9.17) is 5.02 Å². The third-order valence-corrected chi connectivity index (χ3v) is 0.726. The van der Waals surface area contributed by atoms with Gasteiger partial charge in [0.1, 0.15) is 12.1 Å². The van der Waals surface area contributed by atoms with E-state index in [-0.39, 0.29) is 0 Å². The summed E-state index contributed by atoms with van der Waals surface area (Å²) in [5.41, 5.74) is 0. The molecule has 9 heavy (non-hydrogen) atoms. The molecule has 0 spiro atoms. The molecule has 0 aliphatic carbocycles. The first-order chi connectivity index (χ1) is 4.43. The smallest absolute Gasteiger partial charge is 0.535 e. The van der Waals surface area contributed by atoms with Crippen molar-refractivity contribution in [3.63, 3.8) is 0 Å². The Kier molecular flexibility index (Phi) is 2.03. The van der Waals surface area contributed by atoms with Gasteiger partial charge in [0, 0.05) is 0 Å². The first-order valence-electron chi connectivity index (χ1n) is 2.31. The molecule has 0 saturated carbocycles. The van der Waals surface area contributed by atoms with Gasteiger partial charge in [-0.25, -0.2) is 9.97 Å². The molecule has 0 atom stereocenters. The molecule has 1 rings (SSSR count). The molecular weight excluding hydrogens is 119 g/mol. The fraction of sp³-hybridized carbons (Fsp3) is 0. The van der Waals surface area contributed by atoms with Gasteiger partial charge in [-0.1, -0.05) is 0 Å². The Labute approximate surface area is 52.8 Å². The number of hydrogen-bond acceptors (Lipinski definition) is 4.